The molecule has 0 bridgehead atoms. The molecular weight excluding hydrogens is 198 g/mol. The molecule has 16 heavy (non-hydrogen) atoms. The standard InChI is InChI=1S/C13H23N3/c1-13(2,14)7-11-16(3)10-6-12-4-8-15-9-5-12/h4-5,8-9H,6-7,10-11,14H2,1-3H3. The Morgan fingerprint density at radius 3 is 2.44 bits per heavy atom. The van der Waals surface area contributed by atoms with Gasteiger partial charge in [0.2, 0.25) is 0 Å². The topological polar surface area (TPSA) is 42.2 Å². The second-order valence-corrected chi connectivity index (χ2v) is 5.15. The van der Waals surface area contributed by atoms with Crippen molar-refractivity contribution in [1.29, 1.82) is 0 Å². The maximum atomic E-state index is 5.96. The fourth-order valence-corrected chi connectivity index (χ4v) is 1.46. The quantitative estimate of drug-likeness (QED) is 0.794. The number of likely N-dealkylation sites (N-methyl/N-ethyl adjacent to an activating group) is 1. The third-order valence-corrected chi connectivity index (χ3v) is 2.67. The van der Waals surface area contributed by atoms with Crippen LogP contribution in [-0.2, 0) is 6.42 Å². The van der Waals surface area contributed by atoms with Crippen molar-refractivity contribution in [2.45, 2.75) is 32.2 Å². The summed E-state index contributed by atoms with van der Waals surface area (Å²) >= 11 is 0. The van der Waals surface area contributed by atoms with Crippen LogP contribution >= 0.6 is 0 Å². The van der Waals surface area contributed by atoms with E-state index in [0.29, 0.717) is 0 Å². The molecule has 1 heterocycles. The van der Waals surface area contributed by atoms with Gasteiger partial charge in [-0.1, -0.05) is 0 Å². The summed E-state index contributed by atoms with van der Waals surface area (Å²) in [6, 6.07) is 4.14. The van der Waals surface area contributed by atoms with Gasteiger partial charge < -0.3 is 10.6 Å². The van der Waals surface area contributed by atoms with E-state index in [1.54, 1.807) is 0 Å². The third kappa shape index (κ3) is 5.83. The van der Waals surface area contributed by atoms with Crippen LogP contribution in [0.25, 0.3) is 0 Å². The zero-order valence-electron chi connectivity index (χ0n) is 10.6. The van der Waals surface area contributed by atoms with Crippen molar-refractivity contribution in [2.75, 3.05) is 20.1 Å². The van der Waals surface area contributed by atoms with E-state index < -0.39 is 0 Å². The summed E-state index contributed by atoms with van der Waals surface area (Å²) in [7, 11) is 2.15. The molecule has 0 aliphatic rings. The molecule has 1 rings (SSSR count). The summed E-state index contributed by atoms with van der Waals surface area (Å²) in [5, 5.41) is 0. The van der Waals surface area contributed by atoms with E-state index in [-0.39, 0.29) is 5.54 Å². The first-order valence-electron chi connectivity index (χ1n) is 5.84. The molecule has 0 aromatic carbocycles. The van der Waals surface area contributed by atoms with Gasteiger partial charge in [0.1, 0.15) is 0 Å². The monoisotopic (exact) mass is 221 g/mol. The first-order chi connectivity index (χ1) is 7.47. The van der Waals surface area contributed by atoms with Gasteiger partial charge in [0.25, 0.3) is 0 Å². The Kier molecular flexibility index (Phi) is 4.90. The van der Waals surface area contributed by atoms with Crippen LogP contribution in [0.15, 0.2) is 24.5 Å². The summed E-state index contributed by atoms with van der Waals surface area (Å²) in [5.41, 5.74) is 7.23. The van der Waals surface area contributed by atoms with Crippen LogP contribution in [0.5, 0.6) is 0 Å². The average Bonchev–Trinajstić information content (AvgIpc) is 2.24. The van der Waals surface area contributed by atoms with Crippen molar-refractivity contribution >= 4 is 0 Å². The minimum atomic E-state index is -0.0646. The van der Waals surface area contributed by atoms with Crippen LogP contribution < -0.4 is 5.73 Å². The highest BCUT2D eigenvalue weighted by molar-refractivity contribution is 5.09. The lowest BCUT2D eigenvalue weighted by molar-refractivity contribution is 0.298. The molecule has 3 nitrogen and oxygen atoms in total. The van der Waals surface area contributed by atoms with Crippen molar-refractivity contribution in [3.05, 3.63) is 30.1 Å². The average molecular weight is 221 g/mol. The van der Waals surface area contributed by atoms with Crippen molar-refractivity contribution in [1.82, 2.24) is 9.88 Å². The Morgan fingerprint density at radius 2 is 1.88 bits per heavy atom. The van der Waals surface area contributed by atoms with E-state index >= 15 is 0 Å². The second kappa shape index (κ2) is 5.97. The van der Waals surface area contributed by atoms with Crippen molar-refractivity contribution in [3.63, 3.8) is 0 Å². The fourth-order valence-electron chi connectivity index (χ4n) is 1.46. The number of aromatic nitrogens is 1. The third-order valence-electron chi connectivity index (χ3n) is 2.67. The number of rotatable bonds is 6. The van der Waals surface area contributed by atoms with Crippen LogP contribution in [0.3, 0.4) is 0 Å². The van der Waals surface area contributed by atoms with E-state index in [1.165, 1.54) is 5.56 Å². The van der Waals surface area contributed by atoms with Gasteiger partial charge in [-0.25, -0.2) is 0 Å². The van der Waals surface area contributed by atoms with Gasteiger partial charge in [-0.3, -0.25) is 4.98 Å². The van der Waals surface area contributed by atoms with Gasteiger partial charge in [0, 0.05) is 24.5 Å². The molecule has 0 aliphatic carbocycles. The number of nitrogens with zero attached hydrogens (tertiary/aromatic N) is 2. The smallest absolute Gasteiger partial charge is 0.0270 e. The molecule has 0 saturated carbocycles. The zero-order valence-corrected chi connectivity index (χ0v) is 10.6. The Hall–Kier alpha value is -0.930. The van der Waals surface area contributed by atoms with Crippen molar-refractivity contribution in [3.8, 4) is 0 Å². The van der Waals surface area contributed by atoms with Crippen LogP contribution in [-0.4, -0.2) is 35.6 Å². The molecular formula is C13H23N3. The molecule has 0 amide bonds. The largest absolute Gasteiger partial charge is 0.326 e. The van der Waals surface area contributed by atoms with E-state index in [1.807, 2.05) is 12.4 Å². The molecule has 1 aromatic heterocycles. The summed E-state index contributed by atoms with van der Waals surface area (Å²) in [6.07, 6.45) is 5.79. The minimum absolute atomic E-state index is 0.0646. The Balaban J connectivity index is 2.23. The van der Waals surface area contributed by atoms with Gasteiger partial charge in [-0.2, -0.15) is 0 Å². The maximum Gasteiger partial charge on any atom is 0.0270 e. The van der Waals surface area contributed by atoms with Gasteiger partial charge in [-0.05, 0) is 58.0 Å². The summed E-state index contributed by atoms with van der Waals surface area (Å²) < 4.78 is 0. The fraction of sp³-hybridized carbons (Fsp3) is 0.615. The number of pyridine rings is 1. The molecule has 0 atom stereocenters. The lowest BCUT2D eigenvalue weighted by Gasteiger charge is -2.23. The van der Waals surface area contributed by atoms with E-state index in [9.17, 15) is 0 Å². The highest BCUT2D eigenvalue weighted by atomic mass is 15.1. The van der Waals surface area contributed by atoms with E-state index in [2.05, 4.69) is 42.9 Å². The summed E-state index contributed by atoms with van der Waals surface area (Å²) in [6.45, 7) is 6.27. The number of hydrogen-bond acceptors (Lipinski definition) is 3. The lowest BCUT2D eigenvalue weighted by atomic mass is 10.0. The first-order valence-corrected chi connectivity index (χ1v) is 5.84. The minimum Gasteiger partial charge on any atom is -0.326 e. The van der Waals surface area contributed by atoms with Crippen LogP contribution in [0, 0.1) is 0 Å². The van der Waals surface area contributed by atoms with Gasteiger partial charge in [-0.15, -0.1) is 0 Å². The van der Waals surface area contributed by atoms with Crippen LogP contribution in [0.2, 0.25) is 0 Å². The predicted octanol–water partition coefficient (Wildman–Crippen LogP) is 1.68. The van der Waals surface area contributed by atoms with Crippen molar-refractivity contribution in [2.24, 2.45) is 5.73 Å². The van der Waals surface area contributed by atoms with E-state index in [4.69, 9.17) is 5.73 Å². The van der Waals surface area contributed by atoms with Gasteiger partial charge >= 0.3 is 0 Å². The molecule has 2 N–H and O–H groups in total. The molecule has 0 fully saturated rings. The molecule has 0 unspecified atom stereocenters. The molecule has 0 aliphatic heterocycles. The number of nitrogens with two attached hydrogens (primary N) is 1. The Morgan fingerprint density at radius 1 is 1.25 bits per heavy atom. The van der Waals surface area contributed by atoms with Gasteiger partial charge in [0.05, 0.1) is 0 Å². The van der Waals surface area contributed by atoms with Crippen LogP contribution in [0.4, 0.5) is 0 Å². The lowest BCUT2D eigenvalue weighted by Crippen LogP contribution is -2.36. The molecule has 0 radical (unpaired) electrons. The number of hydrogen-bond donors (Lipinski definition) is 1. The maximum absolute atomic E-state index is 5.96. The van der Waals surface area contributed by atoms with Crippen LogP contribution in [0.1, 0.15) is 25.8 Å². The normalized spacial score (nSPS) is 12.1. The Bertz CT molecular complexity index is 290. The zero-order chi connectivity index (χ0) is 12.0. The summed E-state index contributed by atoms with van der Waals surface area (Å²) in [4.78, 5) is 6.34. The second-order valence-electron chi connectivity index (χ2n) is 5.15. The predicted molar refractivity (Wildman–Crippen MR) is 68.3 cm³/mol. The highest BCUT2D eigenvalue weighted by Crippen LogP contribution is 2.05. The molecule has 1 aromatic rings. The summed E-state index contributed by atoms with van der Waals surface area (Å²) in [5.74, 6) is 0. The Labute approximate surface area is 98.7 Å². The highest BCUT2D eigenvalue weighted by Gasteiger charge is 2.11. The van der Waals surface area contributed by atoms with Gasteiger partial charge in [0.15, 0.2) is 0 Å². The molecule has 90 valence electrons. The SMILES string of the molecule is CN(CCc1ccncc1)CCC(C)(C)N. The van der Waals surface area contributed by atoms with E-state index in [0.717, 1.165) is 25.9 Å². The molecule has 0 saturated heterocycles. The molecule has 0 spiro atoms. The molecule has 3 heteroatoms. The first kappa shape index (κ1) is 13.1. The van der Waals surface area contributed by atoms with Crippen molar-refractivity contribution < 1.29 is 0 Å².